The first-order valence-corrected chi connectivity index (χ1v) is 10.4. The van der Waals surface area contributed by atoms with E-state index in [0.717, 1.165) is 41.1 Å². The van der Waals surface area contributed by atoms with Crippen molar-refractivity contribution in [3.05, 3.63) is 83.5 Å². The third-order valence-corrected chi connectivity index (χ3v) is 5.23. The summed E-state index contributed by atoms with van der Waals surface area (Å²) < 4.78 is 20.8. The van der Waals surface area contributed by atoms with Gasteiger partial charge in [-0.2, -0.15) is 5.10 Å². The Morgan fingerprint density at radius 2 is 1.90 bits per heavy atom. The van der Waals surface area contributed by atoms with Gasteiger partial charge in [0.1, 0.15) is 11.6 Å². The smallest absolute Gasteiger partial charge is 0.123 e. The van der Waals surface area contributed by atoms with Gasteiger partial charge >= 0.3 is 0 Å². The summed E-state index contributed by atoms with van der Waals surface area (Å²) in [7, 11) is 1.93. The Labute approximate surface area is 177 Å². The first-order chi connectivity index (χ1) is 14.5. The zero-order chi connectivity index (χ0) is 21.7. The molecule has 5 heteroatoms. The molecule has 1 unspecified atom stereocenters. The molecule has 3 aromatic rings. The van der Waals surface area contributed by atoms with Crippen LogP contribution in [0.15, 0.2) is 60.9 Å². The summed E-state index contributed by atoms with van der Waals surface area (Å²) in [6, 6.07) is 14.8. The third kappa shape index (κ3) is 4.90. The summed E-state index contributed by atoms with van der Waals surface area (Å²) in [5, 5.41) is 14.0. The highest BCUT2D eigenvalue weighted by molar-refractivity contribution is 5.59. The van der Waals surface area contributed by atoms with Crippen LogP contribution in [0, 0.1) is 5.82 Å². The average molecular weight is 409 g/mol. The van der Waals surface area contributed by atoms with Crippen LogP contribution in [-0.4, -0.2) is 21.5 Å². The van der Waals surface area contributed by atoms with Gasteiger partial charge in [-0.05, 0) is 54.8 Å². The van der Waals surface area contributed by atoms with Crippen LogP contribution < -0.4 is 4.74 Å². The van der Waals surface area contributed by atoms with E-state index in [4.69, 9.17) is 4.74 Å². The molecule has 0 radical (unpaired) electrons. The molecule has 4 rings (SSSR count). The van der Waals surface area contributed by atoms with E-state index >= 15 is 0 Å². The van der Waals surface area contributed by atoms with Gasteiger partial charge in [0, 0.05) is 36.2 Å². The minimum Gasteiger partial charge on any atom is -0.513 e. The zero-order valence-corrected chi connectivity index (χ0v) is 17.9. The van der Waals surface area contributed by atoms with E-state index in [1.54, 1.807) is 12.1 Å². The molecular formula is C25H29FN2O2. The number of aryl methyl sites for hydroxylation is 3. The molecule has 1 aliphatic rings. The number of aliphatic hydroxyl groups excluding tert-OH is 1. The normalized spacial score (nSPS) is 14.5. The van der Waals surface area contributed by atoms with Gasteiger partial charge in [0.05, 0.1) is 18.1 Å². The van der Waals surface area contributed by atoms with Crippen LogP contribution in [-0.2, 0) is 19.9 Å². The van der Waals surface area contributed by atoms with Crippen molar-refractivity contribution >= 4 is 0 Å². The quantitative estimate of drug-likeness (QED) is 0.511. The van der Waals surface area contributed by atoms with E-state index in [1.807, 2.05) is 25.6 Å². The molecule has 1 N–H and O–H groups in total. The van der Waals surface area contributed by atoms with E-state index in [9.17, 15) is 9.50 Å². The minimum absolute atomic E-state index is 0.178. The molecule has 0 aliphatic carbocycles. The third-order valence-electron chi connectivity index (χ3n) is 5.23. The Bertz CT molecular complexity index is 1010. The maximum Gasteiger partial charge on any atom is 0.123 e. The summed E-state index contributed by atoms with van der Waals surface area (Å²) in [5.41, 5.74) is 5.22. The van der Waals surface area contributed by atoms with Gasteiger partial charge in [0.15, 0.2) is 0 Å². The fourth-order valence-electron chi connectivity index (χ4n) is 3.70. The van der Waals surface area contributed by atoms with E-state index in [2.05, 4.69) is 35.9 Å². The molecule has 0 amide bonds. The number of nitrogens with zero attached hydrogens (tertiary/aromatic N) is 2. The number of fused-ring (bicyclic) bond motifs is 1. The molecule has 4 nitrogen and oxygen atoms in total. The molecule has 2 heterocycles. The summed E-state index contributed by atoms with van der Waals surface area (Å²) in [5.74, 6) is 1.03. The monoisotopic (exact) mass is 408 g/mol. The van der Waals surface area contributed by atoms with Crippen LogP contribution in [0.2, 0.25) is 0 Å². The van der Waals surface area contributed by atoms with Crippen LogP contribution in [0.25, 0.3) is 11.3 Å². The van der Waals surface area contributed by atoms with Crippen molar-refractivity contribution in [3.63, 3.8) is 0 Å². The van der Waals surface area contributed by atoms with Gasteiger partial charge < -0.3 is 9.84 Å². The van der Waals surface area contributed by atoms with Crippen molar-refractivity contribution in [3.8, 4) is 17.0 Å². The topological polar surface area (TPSA) is 47.3 Å². The number of benzene rings is 2. The summed E-state index contributed by atoms with van der Waals surface area (Å²) >= 11 is 0. The fourth-order valence-corrected chi connectivity index (χ4v) is 3.70. The molecule has 0 saturated carbocycles. The van der Waals surface area contributed by atoms with Gasteiger partial charge in [-0.15, -0.1) is 0 Å². The van der Waals surface area contributed by atoms with E-state index in [-0.39, 0.29) is 17.5 Å². The summed E-state index contributed by atoms with van der Waals surface area (Å²) in [6.07, 6.45) is 2.25. The lowest BCUT2D eigenvalue weighted by Crippen LogP contribution is -2.01. The number of hydrogen-bond acceptors (Lipinski definition) is 3. The molecule has 2 aromatic carbocycles. The summed E-state index contributed by atoms with van der Waals surface area (Å²) in [4.78, 5) is 0. The Balaban J connectivity index is 0.00000124. The number of hydrogen-bond donors (Lipinski definition) is 1. The van der Waals surface area contributed by atoms with Crippen LogP contribution in [0.3, 0.4) is 0 Å². The summed E-state index contributed by atoms with van der Waals surface area (Å²) in [6.45, 7) is 8.17. The van der Waals surface area contributed by atoms with E-state index in [0.29, 0.717) is 13.0 Å². The largest absolute Gasteiger partial charge is 0.513 e. The van der Waals surface area contributed by atoms with Gasteiger partial charge in [0.2, 0.25) is 0 Å². The molecular weight excluding hydrogens is 379 g/mol. The van der Waals surface area contributed by atoms with Crippen molar-refractivity contribution in [2.24, 2.45) is 7.05 Å². The Kier molecular flexibility index (Phi) is 6.93. The maximum absolute atomic E-state index is 13.1. The number of aromatic nitrogens is 2. The second-order valence-corrected chi connectivity index (χ2v) is 7.30. The van der Waals surface area contributed by atoms with Crippen molar-refractivity contribution in [1.29, 1.82) is 0 Å². The predicted molar refractivity (Wildman–Crippen MR) is 118 cm³/mol. The van der Waals surface area contributed by atoms with Gasteiger partial charge in [-0.25, -0.2) is 4.39 Å². The first kappa shape index (κ1) is 21.6. The lowest BCUT2D eigenvalue weighted by Gasteiger charge is -2.08. The van der Waals surface area contributed by atoms with Gasteiger partial charge in [-0.3, -0.25) is 4.68 Å². The number of aliphatic hydroxyl groups is 1. The Morgan fingerprint density at radius 1 is 1.17 bits per heavy atom. The van der Waals surface area contributed by atoms with Crippen LogP contribution in [0.1, 0.15) is 43.0 Å². The van der Waals surface area contributed by atoms with Crippen molar-refractivity contribution < 1.29 is 14.2 Å². The molecule has 0 fully saturated rings. The van der Waals surface area contributed by atoms with Crippen LogP contribution >= 0.6 is 0 Å². The molecule has 1 atom stereocenters. The number of rotatable bonds is 6. The second-order valence-electron chi connectivity index (χ2n) is 7.30. The fraction of sp³-hybridized carbons (Fsp3) is 0.320. The van der Waals surface area contributed by atoms with E-state index < -0.39 is 0 Å². The van der Waals surface area contributed by atoms with Gasteiger partial charge in [0.25, 0.3) is 0 Å². The highest BCUT2D eigenvalue weighted by Crippen LogP contribution is 2.37. The number of allylic oxidation sites excluding steroid dienone is 1. The molecule has 0 saturated heterocycles. The molecule has 1 aromatic heterocycles. The minimum atomic E-state index is -0.246. The highest BCUT2D eigenvalue weighted by Gasteiger charge is 2.24. The maximum atomic E-state index is 13.1. The number of halogens is 1. The van der Waals surface area contributed by atoms with Crippen molar-refractivity contribution in [1.82, 2.24) is 9.78 Å². The zero-order valence-electron chi connectivity index (χ0n) is 17.9. The molecule has 158 valence electrons. The SMILES string of the molecule is C=C(O)CC1COc2cc(CCc3cc(-c4ccc(F)cc4)nn3C)ccc21.CC. The lowest BCUT2D eigenvalue weighted by molar-refractivity contribution is 0.309. The molecule has 0 spiro atoms. The highest BCUT2D eigenvalue weighted by atomic mass is 19.1. The molecule has 30 heavy (non-hydrogen) atoms. The van der Waals surface area contributed by atoms with E-state index in [1.165, 1.54) is 17.7 Å². The van der Waals surface area contributed by atoms with Crippen molar-refractivity contribution in [2.45, 2.75) is 39.0 Å². The van der Waals surface area contributed by atoms with Crippen LogP contribution in [0.5, 0.6) is 5.75 Å². The first-order valence-electron chi connectivity index (χ1n) is 10.4. The molecule has 0 bridgehead atoms. The number of ether oxygens (including phenoxy) is 1. The van der Waals surface area contributed by atoms with Crippen LogP contribution in [0.4, 0.5) is 4.39 Å². The Hall–Kier alpha value is -3.08. The Morgan fingerprint density at radius 3 is 2.60 bits per heavy atom. The second kappa shape index (κ2) is 9.61. The van der Waals surface area contributed by atoms with Gasteiger partial charge in [-0.1, -0.05) is 32.6 Å². The predicted octanol–water partition coefficient (Wildman–Crippen LogP) is 5.98. The molecule has 1 aliphatic heterocycles. The lowest BCUT2D eigenvalue weighted by atomic mass is 9.95. The average Bonchev–Trinajstić information content (AvgIpc) is 3.31. The van der Waals surface area contributed by atoms with Crippen molar-refractivity contribution in [2.75, 3.05) is 6.61 Å². The standard InChI is InChI=1S/C23H23FN2O2.C2H6/c1-15(27)11-18-14-28-23-12-16(4-10-21(18)23)3-9-20-13-22(25-26(20)2)17-5-7-19(24)8-6-17;1-2/h4-8,10,12-13,18,27H,1,3,9,11,14H2,2H3;1-2H3.